The van der Waals surface area contributed by atoms with E-state index in [0.717, 1.165) is 6.42 Å². The van der Waals surface area contributed by atoms with Gasteiger partial charge in [-0.3, -0.25) is 0 Å². The number of para-hydroxylation sites is 1. The quantitative estimate of drug-likeness (QED) is 0.303. The number of hydrogen-bond acceptors (Lipinski definition) is 0. The van der Waals surface area contributed by atoms with Gasteiger partial charge in [-0.1, -0.05) is 97.1 Å². The second-order valence-corrected chi connectivity index (χ2v) is 7.29. The molecule has 0 bridgehead atoms. The first-order valence-electron chi connectivity index (χ1n) is 9.84. The van der Waals surface area contributed by atoms with Gasteiger partial charge in [0.1, 0.15) is 0 Å². The fraction of sp³-hybridized carbons (Fsp3) is 0.185. The minimum Gasteiger partial charge on any atom is -0.347 e. The van der Waals surface area contributed by atoms with Crippen molar-refractivity contribution in [2.75, 3.05) is 0 Å². The van der Waals surface area contributed by atoms with Crippen LogP contribution in [0.4, 0.5) is 0 Å². The van der Waals surface area contributed by atoms with Crippen molar-refractivity contribution in [1.29, 1.82) is 0 Å². The number of aromatic nitrogens is 1. The van der Waals surface area contributed by atoms with Crippen LogP contribution < -0.4 is 0 Å². The summed E-state index contributed by atoms with van der Waals surface area (Å²) in [5.74, 6) is 0.375. The van der Waals surface area contributed by atoms with Crippen molar-refractivity contribution in [3.63, 3.8) is 0 Å². The summed E-state index contributed by atoms with van der Waals surface area (Å²) in [7, 11) is 2.12. The van der Waals surface area contributed by atoms with Crippen LogP contribution >= 0.6 is 0 Å². The molecule has 2 aromatic carbocycles. The lowest BCUT2D eigenvalue weighted by Gasteiger charge is -2.15. The summed E-state index contributed by atoms with van der Waals surface area (Å²) in [6, 6.07) is 19.1. The predicted molar refractivity (Wildman–Crippen MR) is 124 cm³/mol. The second kappa shape index (κ2) is 9.23. The fourth-order valence-corrected chi connectivity index (χ4v) is 3.64. The molecule has 0 aliphatic rings. The summed E-state index contributed by atoms with van der Waals surface area (Å²) in [6.07, 6.45) is 13.8. The Morgan fingerprint density at radius 1 is 0.964 bits per heavy atom. The maximum atomic E-state index is 4.16. The van der Waals surface area contributed by atoms with Crippen LogP contribution in [0.2, 0.25) is 0 Å². The van der Waals surface area contributed by atoms with Gasteiger partial charge in [-0.25, -0.2) is 0 Å². The van der Waals surface area contributed by atoms with E-state index in [9.17, 15) is 0 Å². The topological polar surface area (TPSA) is 4.93 Å². The predicted octanol–water partition coefficient (Wildman–Crippen LogP) is 7.36. The number of allylic oxidation sites excluding steroid dienone is 6. The molecule has 1 nitrogen and oxygen atoms in total. The molecular weight excluding hydrogens is 338 g/mol. The minimum atomic E-state index is 0.375. The molecule has 0 spiro atoms. The van der Waals surface area contributed by atoms with Crippen LogP contribution in [0.25, 0.3) is 17.0 Å². The van der Waals surface area contributed by atoms with Gasteiger partial charge in [0, 0.05) is 35.1 Å². The highest BCUT2D eigenvalue weighted by atomic mass is 14.9. The first kappa shape index (κ1) is 19.7. The molecule has 28 heavy (non-hydrogen) atoms. The molecular formula is C27H29N. The van der Waals surface area contributed by atoms with Gasteiger partial charge in [-0.05, 0) is 31.9 Å². The summed E-state index contributed by atoms with van der Waals surface area (Å²) >= 11 is 0. The van der Waals surface area contributed by atoms with E-state index in [0.29, 0.717) is 5.92 Å². The molecule has 1 atom stereocenters. The van der Waals surface area contributed by atoms with Crippen LogP contribution in [0.5, 0.6) is 0 Å². The van der Waals surface area contributed by atoms with Crippen molar-refractivity contribution in [3.8, 4) is 0 Å². The smallest absolute Gasteiger partial charge is 0.0486 e. The largest absolute Gasteiger partial charge is 0.347 e. The van der Waals surface area contributed by atoms with Gasteiger partial charge in [0.05, 0.1) is 0 Å². The highest BCUT2D eigenvalue weighted by Gasteiger charge is 2.09. The normalized spacial score (nSPS) is 13.2. The van der Waals surface area contributed by atoms with Gasteiger partial charge in [-0.15, -0.1) is 0 Å². The summed E-state index contributed by atoms with van der Waals surface area (Å²) in [5, 5.41) is 1.30. The second-order valence-electron chi connectivity index (χ2n) is 7.29. The van der Waals surface area contributed by atoms with Crippen molar-refractivity contribution in [2.45, 2.75) is 26.2 Å². The number of fused-ring (bicyclic) bond motifs is 1. The molecule has 0 saturated carbocycles. The van der Waals surface area contributed by atoms with Crippen molar-refractivity contribution in [3.05, 3.63) is 114 Å². The maximum absolute atomic E-state index is 4.16. The zero-order chi connectivity index (χ0) is 19.9. The van der Waals surface area contributed by atoms with Crippen molar-refractivity contribution in [2.24, 2.45) is 7.05 Å². The van der Waals surface area contributed by atoms with E-state index in [2.05, 4.69) is 123 Å². The number of hydrogen-bond donors (Lipinski definition) is 0. The van der Waals surface area contributed by atoms with Crippen LogP contribution in [0.1, 0.15) is 36.1 Å². The third-order valence-electron chi connectivity index (χ3n) is 5.35. The van der Waals surface area contributed by atoms with Gasteiger partial charge in [-0.2, -0.15) is 0 Å². The van der Waals surface area contributed by atoms with E-state index < -0.39 is 0 Å². The van der Waals surface area contributed by atoms with Crippen LogP contribution in [-0.4, -0.2) is 4.57 Å². The van der Waals surface area contributed by atoms with Crippen LogP contribution in [0, 0.1) is 6.92 Å². The molecule has 0 radical (unpaired) electrons. The van der Waals surface area contributed by atoms with Gasteiger partial charge in [0.15, 0.2) is 0 Å². The Morgan fingerprint density at radius 2 is 1.64 bits per heavy atom. The van der Waals surface area contributed by atoms with Crippen molar-refractivity contribution in [1.82, 2.24) is 4.57 Å². The highest BCUT2D eigenvalue weighted by Crippen LogP contribution is 2.27. The summed E-state index contributed by atoms with van der Waals surface area (Å²) < 4.78 is 2.25. The number of aryl methyl sites for hydroxylation is 1. The van der Waals surface area contributed by atoms with Gasteiger partial charge in [0.25, 0.3) is 0 Å². The average molecular weight is 368 g/mol. The minimum absolute atomic E-state index is 0.375. The zero-order valence-corrected chi connectivity index (χ0v) is 17.1. The Balaban J connectivity index is 1.64. The van der Waals surface area contributed by atoms with Gasteiger partial charge >= 0.3 is 0 Å². The van der Waals surface area contributed by atoms with Crippen molar-refractivity contribution >= 4 is 17.0 Å². The zero-order valence-electron chi connectivity index (χ0n) is 17.1. The first-order valence-corrected chi connectivity index (χ1v) is 9.84. The van der Waals surface area contributed by atoms with Crippen LogP contribution in [0.3, 0.4) is 0 Å². The Morgan fingerprint density at radius 3 is 2.39 bits per heavy atom. The Labute approximate surface area is 169 Å². The standard InChI is InChI=1S/C27H29N/c1-21(2)24(23-15-9-8-10-16-23)17-11-6-5-7-12-18-25-22(3)28(4)27-20-14-13-19-26(25)27/h5-16,18-20,24H,1,17H2,2-4H3/b7-5+,11-6+,18-12+. The van der Waals surface area contributed by atoms with E-state index >= 15 is 0 Å². The van der Waals surface area contributed by atoms with E-state index in [4.69, 9.17) is 0 Å². The SMILES string of the molecule is C=C(C)C(C/C=C/C=C/C=C/c1c(C)n(C)c2ccccc12)c1ccccc1. The lowest BCUT2D eigenvalue weighted by Crippen LogP contribution is -1.97. The summed E-state index contributed by atoms with van der Waals surface area (Å²) in [6.45, 7) is 8.44. The first-order chi connectivity index (χ1) is 13.6. The third-order valence-corrected chi connectivity index (χ3v) is 5.35. The molecule has 0 N–H and O–H groups in total. The van der Waals surface area contributed by atoms with E-state index in [-0.39, 0.29) is 0 Å². The highest BCUT2D eigenvalue weighted by molar-refractivity contribution is 5.91. The van der Waals surface area contributed by atoms with Gasteiger partial charge in [0.2, 0.25) is 0 Å². The van der Waals surface area contributed by atoms with Crippen LogP contribution in [-0.2, 0) is 7.05 Å². The maximum Gasteiger partial charge on any atom is 0.0486 e. The molecule has 3 rings (SSSR count). The summed E-state index contributed by atoms with van der Waals surface area (Å²) in [4.78, 5) is 0. The summed E-state index contributed by atoms with van der Waals surface area (Å²) in [5.41, 5.74) is 6.38. The Bertz CT molecular complexity index is 1030. The molecule has 0 aliphatic carbocycles. The molecule has 1 heteroatoms. The van der Waals surface area contributed by atoms with E-state index in [1.807, 2.05) is 0 Å². The molecule has 0 saturated heterocycles. The molecule has 1 aromatic heterocycles. The van der Waals surface area contributed by atoms with Crippen LogP contribution in [0.15, 0.2) is 97.1 Å². The number of nitrogens with zero attached hydrogens (tertiary/aromatic N) is 1. The molecule has 1 heterocycles. The molecule has 0 amide bonds. The monoisotopic (exact) mass is 367 g/mol. The molecule has 3 aromatic rings. The lowest BCUT2D eigenvalue weighted by molar-refractivity contribution is 0.812. The molecule has 142 valence electrons. The average Bonchev–Trinajstić information content (AvgIpc) is 2.95. The number of rotatable bonds is 7. The van der Waals surface area contributed by atoms with Crippen molar-refractivity contribution < 1.29 is 0 Å². The number of benzene rings is 2. The lowest BCUT2D eigenvalue weighted by atomic mass is 9.90. The molecule has 0 fully saturated rings. The fourth-order valence-electron chi connectivity index (χ4n) is 3.64. The molecule has 0 aliphatic heterocycles. The Hall–Kier alpha value is -3.06. The third kappa shape index (κ3) is 4.43. The van der Waals surface area contributed by atoms with E-state index in [1.165, 1.54) is 33.3 Å². The van der Waals surface area contributed by atoms with E-state index in [1.54, 1.807) is 0 Å². The Kier molecular flexibility index (Phi) is 6.49. The molecule has 1 unspecified atom stereocenters. The van der Waals surface area contributed by atoms with Gasteiger partial charge < -0.3 is 4.57 Å².